The Hall–Kier alpha value is 0.681. The summed E-state index contributed by atoms with van der Waals surface area (Å²) < 4.78 is 0. The molecule has 0 aliphatic heterocycles. The summed E-state index contributed by atoms with van der Waals surface area (Å²) in [7, 11) is 0. The van der Waals surface area contributed by atoms with Crippen molar-refractivity contribution in [3.63, 3.8) is 0 Å². The molecule has 0 fully saturated rings. The van der Waals surface area contributed by atoms with Crippen LogP contribution in [0.25, 0.3) is 0 Å². The number of carbonyl (C=O) groups is 1. The smallest absolute Gasteiger partial charge is 0.652 e. The molecule has 0 aliphatic rings. The van der Waals surface area contributed by atoms with Crippen LogP contribution in [0, 0.1) is 0 Å². The summed E-state index contributed by atoms with van der Waals surface area (Å²) >= 11 is 0. The van der Waals surface area contributed by atoms with E-state index in [1.54, 1.807) is 0 Å². The van der Waals surface area contributed by atoms with Crippen molar-refractivity contribution in [1.82, 2.24) is 0 Å². The van der Waals surface area contributed by atoms with Crippen molar-refractivity contribution in [2.45, 2.75) is 0 Å². The van der Waals surface area contributed by atoms with Crippen LogP contribution in [0.15, 0.2) is 0 Å². The van der Waals surface area contributed by atoms with Crippen LogP contribution >= 0.6 is 0 Å². The molecule has 0 unspecified atom stereocenters. The Balaban J connectivity index is -0.0000000450. The molecule has 0 bridgehead atoms. The van der Waals surface area contributed by atoms with Crippen LogP contribution in [0.3, 0.4) is 0 Å². The molecular weight excluding hydrogens is 167 g/mol. The Morgan fingerprint density at radius 2 is 1.33 bits per heavy atom. The first kappa shape index (κ1) is 15.9. The second kappa shape index (κ2) is 9.19. The summed E-state index contributed by atoms with van der Waals surface area (Å²) in [6.07, 6.45) is -2.33. The van der Waals surface area contributed by atoms with Gasteiger partial charge < -0.3 is 15.0 Å². The topological polar surface area (TPSA) is 63.2 Å². The predicted molar refractivity (Wildman–Crippen MR) is 13.7 cm³/mol. The maximum atomic E-state index is 8.33. The van der Waals surface area contributed by atoms with Crippen LogP contribution in [0.1, 0.15) is 0 Å². The maximum Gasteiger partial charge on any atom is 2.00 e. The predicted octanol–water partition coefficient (Wildman–Crippen LogP) is -2.68. The van der Waals surface area contributed by atoms with E-state index >= 15 is 0 Å². The van der Waals surface area contributed by atoms with Gasteiger partial charge in [0.1, 0.15) is 0 Å². The zero-order valence-corrected chi connectivity index (χ0v) is 6.32. The zero-order valence-electron chi connectivity index (χ0n) is 2.84. The number of halogens is 1. The Labute approximate surface area is 70.6 Å². The van der Waals surface area contributed by atoms with Gasteiger partial charge in [0.2, 0.25) is 0 Å². The minimum atomic E-state index is -2.33. The van der Waals surface area contributed by atoms with E-state index in [4.69, 9.17) is 15.0 Å². The molecular formula is CHFO3Sr. The summed E-state index contributed by atoms with van der Waals surface area (Å²) in [5.74, 6) is 0. The van der Waals surface area contributed by atoms with E-state index in [1.807, 2.05) is 0 Å². The molecule has 0 aromatic rings. The van der Waals surface area contributed by atoms with Gasteiger partial charge in [-0.25, -0.2) is 0 Å². The molecule has 0 atom stereocenters. The monoisotopic (exact) mass is 168 g/mol. The quantitative estimate of drug-likeness (QED) is 0.370. The molecule has 0 rings (SSSR count). The van der Waals surface area contributed by atoms with Gasteiger partial charge in [0.05, 0.1) is 0 Å². The van der Waals surface area contributed by atoms with E-state index in [2.05, 4.69) is 0 Å². The summed E-state index contributed by atoms with van der Waals surface area (Å²) in [5, 5.41) is 16.7. The second-order valence-corrected chi connectivity index (χ2v) is 0.250. The van der Waals surface area contributed by atoms with E-state index in [0.29, 0.717) is 0 Å². The van der Waals surface area contributed by atoms with Gasteiger partial charge in [-0.2, -0.15) is 0 Å². The third-order valence-electron chi connectivity index (χ3n) is 0. The van der Waals surface area contributed by atoms with Gasteiger partial charge in [0.15, 0.2) is 0 Å². The van der Waals surface area contributed by atoms with Gasteiger partial charge in [-0.1, -0.05) is 0 Å². The Morgan fingerprint density at radius 3 is 1.33 bits per heavy atom. The van der Waals surface area contributed by atoms with Gasteiger partial charge in [-0.15, -0.1) is 0 Å². The Kier molecular flexibility index (Phi) is 24.4. The van der Waals surface area contributed by atoms with Gasteiger partial charge in [0.25, 0.3) is 0 Å². The Morgan fingerprint density at radius 1 is 1.33 bits per heavy atom. The summed E-state index contributed by atoms with van der Waals surface area (Å²) in [6.45, 7) is 0. The fraction of sp³-hybridized carbons (Fsp3) is 0. The van der Waals surface area contributed by atoms with Gasteiger partial charge in [0, 0.05) is 0 Å². The van der Waals surface area contributed by atoms with Crippen molar-refractivity contribution >= 4 is 51.6 Å². The fourth-order valence-electron chi connectivity index (χ4n) is 0. The minimum Gasteiger partial charge on any atom is -0.652 e. The number of hydrogen-bond donors (Lipinski definition) is 0. The molecule has 32 valence electrons. The number of rotatable bonds is 0. The number of carboxylic acid groups (broad SMARTS) is 2. The molecule has 0 amide bonds. The third-order valence-corrected chi connectivity index (χ3v) is 0. The van der Waals surface area contributed by atoms with Crippen molar-refractivity contribution in [2.24, 2.45) is 0 Å². The van der Waals surface area contributed by atoms with Crippen molar-refractivity contribution in [2.75, 3.05) is 0 Å². The molecule has 6 heavy (non-hydrogen) atoms. The molecule has 0 aromatic heterocycles. The normalized spacial score (nSPS) is 4.00. The van der Waals surface area contributed by atoms with Crippen molar-refractivity contribution in [3.05, 3.63) is 0 Å². The minimum absolute atomic E-state index is 0. The third kappa shape index (κ3) is 137. The molecule has 0 aromatic carbocycles. The van der Waals surface area contributed by atoms with Crippen molar-refractivity contribution in [3.8, 4) is 0 Å². The average Bonchev–Trinajstić information content (AvgIpc) is 0.811. The maximum absolute atomic E-state index is 8.33. The fourth-order valence-corrected chi connectivity index (χ4v) is 0. The molecule has 0 heterocycles. The molecule has 0 saturated carbocycles. The van der Waals surface area contributed by atoms with E-state index < -0.39 is 6.16 Å². The van der Waals surface area contributed by atoms with Crippen LogP contribution < -0.4 is 10.2 Å². The molecule has 0 radical (unpaired) electrons. The van der Waals surface area contributed by atoms with E-state index in [1.165, 1.54) is 0 Å². The summed E-state index contributed by atoms with van der Waals surface area (Å²) in [5.41, 5.74) is 0. The molecule has 0 N–H and O–H groups in total. The first-order valence-corrected chi connectivity index (χ1v) is 0.612. The standard InChI is InChI=1S/CH2O3.FH.Sr/c2-1(3)4;;/h(H2,2,3,4);1H;/q;;+2/p-2. The van der Waals surface area contributed by atoms with Crippen LogP contribution in [-0.4, -0.2) is 51.6 Å². The average molecular weight is 168 g/mol. The van der Waals surface area contributed by atoms with Gasteiger partial charge >= 0.3 is 45.5 Å². The van der Waals surface area contributed by atoms with Gasteiger partial charge in [-0.05, 0) is 6.16 Å². The molecule has 0 saturated heterocycles. The summed E-state index contributed by atoms with van der Waals surface area (Å²) in [4.78, 5) is 8.33. The molecule has 3 nitrogen and oxygen atoms in total. The van der Waals surface area contributed by atoms with Crippen molar-refractivity contribution < 1.29 is 19.7 Å². The first-order valence-electron chi connectivity index (χ1n) is 0.612. The van der Waals surface area contributed by atoms with Crippen LogP contribution in [0.4, 0.5) is 9.50 Å². The molecule has 0 spiro atoms. The summed E-state index contributed by atoms with van der Waals surface area (Å²) in [6, 6.07) is 0. The van der Waals surface area contributed by atoms with Crippen LogP contribution in [0.2, 0.25) is 0 Å². The number of hydrogen-bond acceptors (Lipinski definition) is 3. The van der Waals surface area contributed by atoms with E-state index in [-0.39, 0.29) is 50.2 Å². The molecule has 0 aliphatic carbocycles. The SMILES string of the molecule is F.O=C([O-])[O-].[Sr+2]. The van der Waals surface area contributed by atoms with E-state index in [0.717, 1.165) is 0 Å². The Bertz CT molecular complexity index is 33.8. The van der Waals surface area contributed by atoms with Crippen molar-refractivity contribution in [1.29, 1.82) is 0 Å². The molecule has 5 heteroatoms. The number of carbonyl (C=O) groups excluding carboxylic acids is 1. The van der Waals surface area contributed by atoms with Crippen LogP contribution in [-0.2, 0) is 0 Å². The zero-order chi connectivity index (χ0) is 3.58. The largest absolute Gasteiger partial charge is 2.00 e. The second-order valence-electron chi connectivity index (χ2n) is 0.250. The first-order chi connectivity index (χ1) is 1.73. The van der Waals surface area contributed by atoms with Crippen LogP contribution in [0.5, 0.6) is 0 Å². The van der Waals surface area contributed by atoms with E-state index in [9.17, 15) is 0 Å². The van der Waals surface area contributed by atoms with Gasteiger partial charge in [-0.3, -0.25) is 4.70 Å².